The molecule has 4 saturated carbocycles. The van der Waals surface area contributed by atoms with Gasteiger partial charge in [-0.05, 0) is 69.6 Å². The molecule has 0 saturated heterocycles. The van der Waals surface area contributed by atoms with E-state index in [1.54, 1.807) is 0 Å². The largest absolute Gasteiger partial charge is 0.383 e. The van der Waals surface area contributed by atoms with Gasteiger partial charge in [0.25, 0.3) is 0 Å². The molecule has 0 unspecified atom stereocenters. The lowest BCUT2D eigenvalue weighted by Crippen LogP contribution is -2.49. The maximum absolute atomic E-state index is 6.16. The van der Waals surface area contributed by atoms with E-state index in [9.17, 15) is 0 Å². The highest BCUT2D eigenvalue weighted by Gasteiger charge is 2.53. The molecule has 0 aliphatic heterocycles. The predicted octanol–water partition coefficient (Wildman–Crippen LogP) is 3.40. The molecule has 5 rings (SSSR count). The number of hydrogen-bond donors (Lipinski definition) is 1. The summed E-state index contributed by atoms with van der Waals surface area (Å²) < 4.78 is 0. The molecule has 0 atom stereocenters. The van der Waals surface area contributed by atoms with Crippen LogP contribution in [0.2, 0.25) is 0 Å². The first-order valence-electron chi connectivity index (χ1n) is 8.23. The van der Waals surface area contributed by atoms with Gasteiger partial charge in [0.05, 0.1) is 0 Å². The number of hydrogen-bond acceptors (Lipinski definition) is 3. The number of nitrogen functional groups attached to an aromatic ring is 1. The second kappa shape index (κ2) is 4.19. The van der Waals surface area contributed by atoms with Gasteiger partial charge in [-0.3, -0.25) is 0 Å². The van der Waals surface area contributed by atoms with Crippen molar-refractivity contribution in [2.75, 3.05) is 5.73 Å². The number of nitrogens with zero attached hydrogens (tertiary/aromatic N) is 2. The molecule has 108 valence electrons. The summed E-state index contributed by atoms with van der Waals surface area (Å²) in [6, 6.07) is 0. The zero-order valence-electron chi connectivity index (χ0n) is 12.7. The van der Waals surface area contributed by atoms with Crippen molar-refractivity contribution in [3.63, 3.8) is 0 Å². The SMILES string of the molecule is CCc1nc(C23CC4CC(CC(C4)C2)C3)nc(N)c1C. The van der Waals surface area contributed by atoms with Crippen LogP contribution in [0.1, 0.15) is 62.5 Å². The summed E-state index contributed by atoms with van der Waals surface area (Å²) in [5.74, 6) is 4.58. The third kappa shape index (κ3) is 1.71. The highest BCUT2D eigenvalue weighted by molar-refractivity contribution is 5.42. The number of rotatable bonds is 2. The van der Waals surface area contributed by atoms with Crippen LogP contribution < -0.4 is 5.73 Å². The molecule has 4 aliphatic carbocycles. The first kappa shape index (κ1) is 12.6. The average molecular weight is 271 g/mol. The average Bonchev–Trinajstić information content (AvgIpc) is 2.40. The fourth-order valence-electron chi connectivity index (χ4n) is 5.55. The van der Waals surface area contributed by atoms with Gasteiger partial charge in [0.2, 0.25) is 0 Å². The van der Waals surface area contributed by atoms with Crippen molar-refractivity contribution < 1.29 is 0 Å². The fourth-order valence-corrected chi connectivity index (χ4v) is 5.55. The van der Waals surface area contributed by atoms with E-state index in [1.807, 2.05) is 0 Å². The lowest BCUT2D eigenvalue weighted by Gasteiger charge is -2.56. The summed E-state index contributed by atoms with van der Waals surface area (Å²) in [5.41, 5.74) is 8.67. The maximum atomic E-state index is 6.16. The topological polar surface area (TPSA) is 51.8 Å². The van der Waals surface area contributed by atoms with Gasteiger partial charge >= 0.3 is 0 Å². The van der Waals surface area contributed by atoms with Crippen LogP contribution in [0.5, 0.6) is 0 Å². The molecule has 0 radical (unpaired) electrons. The van der Waals surface area contributed by atoms with Crippen LogP contribution in [0.25, 0.3) is 0 Å². The van der Waals surface area contributed by atoms with E-state index in [-0.39, 0.29) is 5.41 Å². The molecule has 0 aromatic carbocycles. The summed E-state index contributed by atoms with van der Waals surface area (Å²) >= 11 is 0. The molecular formula is C17H25N3. The minimum atomic E-state index is 0.264. The van der Waals surface area contributed by atoms with Gasteiger partial charge in [0.1, 0.15) is 11.6 Å². The Hall–Kier alpha value is -1.12. The fraction of sp³-hybridized carbons (Fsp3) is 0.765. The second-order valence-electron chi connectivity index (χ2n) is 7.56. The van der Waals surface area contributed by atoms with Crippen LogP contribution in [0.4, 0.5) is 5.82 Å². The molecule has 20 heavy (non-hydrogen) atoms. The zero-order valence-corrected chi connectivity index (χ0v) is 12.7. The van der Waals surface area contributed by atoms with Crippen LogP contribution in [0.15, 0.2) is 0 Å². The molecule has 1 aromatic rings. The van der Waals surface area contributed by atoms with Crippen molar-refractivity contribution in [1.82, 2.24) is 9.97 Å². The third-order valence-electron chi connectivity index (χ3n) is 6.13. The van der Waals surface area contributed by atoms with E-state index >= 15 is 0 Å². The Morgan fingerprint density at radius 2 is 1.60 bits per heavy atom. The summed E-state index contributed by atoms with van der Waals surface area (Å²) in [7, 11) is 0. The minimum Gasteiger partial charge on any atom is -0.383 e. The Balaban J connectivity index is 1.79. The second-order valence-corrected chi connectivity index (χ2v) is 7.56. The number of nitrogens with two attached hydrogens (primary N) is 1. The molecule has 2 N–H and O–H groups in total. The summed E-state index contributed by atoms with van der Waals surface area (Å²) in [6.45, 7) is 4.22. The lowest BCUT2D eigenvalue weighted by atomic mass is 9.49. The van der Waals surface area contributed by atoms with Crippen molar-refractivity contribution in [3.05, 3.63) is 17.1 Å². The predicted molar refractivity (Wildman–Crippen MR) is 80.4 cm³/mol. The van der Waals surface area contributed by atoms with Crippen LogP contribution in [0.3, 0.4) is 0 Å². The summed E-state index contributed by atoms with van der Waals surface area (Å²) in [5, 5.41) is 0. The van der Waals surface area contributed by atoms with E-state index in [0.717, 1.165) is 41.3 Å². The molecule has 3 heteroatoms. The van der Waals surface area contributed by atoms with Gasteiger partial charge in [-0.25, -0.2) is 9.97 Å². The van der Waals surface area contributed by atoms with E-state index < -0.39 is 0 Å². The molecular weight excluding hydrogens is 246 g/mol. The van der Waals surface area contributed by atoms with Crippen molar-refractivity contribution in [2.24, 2.45) is 17.8 Å². The molecule has 0 spiro atoms. The molecule has 4 aliphatic rings. The van der Waals surface area contributed by atoms with Gasteiger partial charge in [0.15, 0.2) is 0 Å². The number of anilines is 1. The van der Waals surface area contributed by atoms with Gasteiger partial charge in [0, 0.05) is 16.7 Å². The van der Waals surface area contributed by atoms with Crippen LogP contribution in [-0.4, -0.2) is 9.97 Å². The number of aryl methyl sites for hydroxylation is 1. The van der Waals surface area contributed by atoms with Gasteiger partial charge < -0.3 is 5.73 Å². The minimum absolute atomic E-state index is 0.264. The van der Waals surface area contributed by atoms with Gasteiger partial charge in [-0.1, -0.05) is 6.92 Å². The van der Waals surface area contributed by atoms with Crippen molar-refractivity contribution >= 4 is 5.82 Å². The molecule has 3 nitrogen and oxygen atoms in total. The highest BCUT2D eigenvalue weighted by Crippen LogP contribution is 2.60. The third-order valence-corrected chi connectivity index (χ3v) is 6.13. The van der Waals surface area contributed by atoms with Crippen molar-refractivity contribution in [2.45, 2.75) is 64.2 Å². The first-order valence-corrected chi connectivity index (χ1v) is 8.23. The van der Waals surface area contributed by atoms with Gasteiger partial charge in [-0.15, -0.1) is 0 Å². The highest BCUT2D eigenvalue weighted by atomic mass is 15.0. The smallest absolute Gasteiger partial charge is 0.137 e. The molecule has 4 fully saturated rings. The first-order chi connectivity index (χ1) is 9.59. The van der Waals surface area contributed by atoms with E-state index in [2.05, 4.69) is 13.8 Å². The van der Waals surface area contributed by atoms with Gasteiger partial charge in [-0.2, -0.15) is 0 Å². The van der Waals surface area contributed by atoms with Crippen LogP contribution in [0, 0.1) is 24.7 Å². The Kier molecular flexibility index (Phi) is 2.64. The zero-order chi connectivity index (χ0) is 13.9. The van der Waals surface area contributed by atoms with E-state index in [1.165, 1.54) is 38.5 Å². The number of aromatic nitrogens is 2. The molecule has 1 aromatic heterocycles. The standard InChI is InChI=1S/C17H25N3/c1-3-14-10(2)15(18)20-16(19-14)17-7-11-4-12(8-17)6-13(5-11)9-17/h11-13H,3-9H2,1-2H3,(H2,18,19,20). The maximum Gasteiger partial charge on any atom is 0.137 e. The Morgan fingerprint density at radius 3 is 2.10 bits per heavy atom. The Bertz CT molecular complexity index is 514. The molecule has 4 bridgehead atoms. The lowest BCUT2D eigenvalue weighted by molar-refractivity contribution is -0.00943. The summed E-state index contributed by atoms with van der Waals surface area (Å²) in [4.78, 5) is 9.69. The van der Waals surface area contributed by atoms with Crippen molar-refractivity contribution in [1.29, 1.82) is 0 Å². The Morgan fingerprint density at radius 1 is 1.05 bits per heavy atom. The monoisotopic (exact) mass is 271 g/mol. The van der Waals surface area contributed by atoms with E-state index in [0.29, 0.717) is 5.82 Å². The van der Waals surface area contributed by atoms with E-state index in [4.69, 9.17) is 15.7 Å². The Labute approximate surface area is 121 Å². The molecule has 1 heterocycles. The molecule has 0 amide bonds. The van der Waals surface area contributed by atoms with Crippen molar-refractivity contribution in [3.8, 4) is 0 Å². The van der Waals surface area contributed by atoms with Crippen LogP contribution >= 0.6 is 0 Å². The van der Waals surface area contributed by atoms with Crippen LogP contribution in [-0.2, 0) is 11.8 Å². The summed E-state index contributed by atoms with van der Waals surface area (Å²) in [6.07, 6.45) is 9.27. The quantitative estimate of drug-likeness (QED) is 0.897. The normalized spacial score (nSPS) is 38.4.